The Balaban J connectivity index is 1.81. The van der Waals surface area contributed by atoms with Crippen LogP contribution in [-0.4, -0.2) is 29.2 Å². The van der Waals surface area contributed by atoms with Gasteiger partial charge in [-0.05, 0) is 41.4 Å². The van der Waals surface area contributed by atoms with E-state index in [1.807, 2.05) is 18.3 Å². The number of nitrogens with zero attached hydrogens (tertiary/aromatic N) is 2. The Hall–Kier alpha value is -1.20. The van der Waals surface area contributed by atoms with Crippen molar-refractivity contribution in [2.45, 2.75) is 19.4 Å². The third-order valence-electron chi connectivity index (χ3n) is 3.63. The van der Waals surface area contributed by atoms with E-state index in [4.69, 9.17) is 4.74 Å². The van der Waals surface area contributed by atoms with Crippen molar-refractivity contribution in [1.82, 2.24) is 9.97 Å². The van der Waals surface area contributed by atoms with E-state index >= 15 is 0 Å². The topological polar surface area (TPSA) is 47.0 Å². The van der Waals surface area contributed by atoms with E-state index in [2.05, 4.69) is 38.1 Å². The maximum atomic E-state index is 5.58. The number of nitrogens with one attached hydrogen (secondary N) is 1. The number of fused-ring (bicyclic) bond motifs is 1. The lowest BCUT2D eigenvalue weighted by Crippen LogP contribution is -2.20. The number of halogens is 1. The second-order valence-electron chi connectivity index (χ2n) is 4.89. The molecule has 2 aromatic rings. The van der Waals surface area contributed by atoms with Crippen molar-refractivity contribution in [2.24, 2.45) is 5.92 Å². The van der Waals surface area contributed by atoms with Crippen molar-refractivity contribution in [1.29, 1.82) is 0 Å². The molecule has 0 spiro atoms. The number of anilines is 1. The van der Waals surface area contributed by atoms with Crippen molar-refractivity contribution in [2.75, 3.05) is 18.5 Å². The number of pyridine rings is 2. The van der Waals surface area contributed by atoms with Gasteiger partial charge in [-0.3, -0.25) is 9.97 Å². The summed E-state index contributed by atoms with van der Waals surface area (Å²) < 4.78 is 6.53. The molecule has 2 atom stereocenters. The minimum Gasteiger partial charge on any atom is -0.383 e. The molecule has 0 bridgehead atoms. The van der Waals surface area contributed by atoms with Crippen LogP contribution in [0.1, 0.15) is 13.3 Å². The monoisotopic (exact) mass is 321 g/mol. The van der Waals surface area contributed by atoms with Gasteiger partial charge in [0.2, 0.25) is 0 Å². The fraction of sp³-hybridized carbons (Fsp3) is 0.429. The van der Waals surface area contributed by atoms with E-state index in [1.54, 1.807) is 6.20 Å². The van der Waals surface area contributed by atoms with E-state index in [0.717, 1.165) is 40.8 Å². The van der Waals surface area contributed by atoms with Crippen LogP contribution in [0.4, 0.5) is 5.69 Å². The summed E-state index contributed by atoms with van der Waals surface area (Å²) in [5.74, 6) is 0.568. The Morgan fingerprint density at radius 3 is 3.16 bits per heavy atom. The molecule has 0 aromatic carbocycles. The molecular formula is C14H16BrN3O. The second kappa shape index (κ2) is 5.43. The third kappa shape index (κ3) is 2.72. The highest BCUT2D eigenvalue weighted by atomic mass is 79.9. The van der Waals surface area contributed by atoms with Gasteiger partial charge >= 0.3 is 0 Å². The average molecular weight is 322 g/mol. The summed E-state index contributed by atoms with van der Waals surface area (Å²) >= 11 is 3.42. The summed E-state index contributed by atoms with van der Waals surface area (Å²) in [5, 5.41) is 3.48. The van der Waals surface area contributed by atoms with Crippen LogP contribution < -0.4 is 5.32 Å². The van der Waals surface area contributed by atoms with Crippen LogP contribution >= 0.6 is 15.9 Å². The van der Waals surface area contributed by atoms with Gasteiger partial charge in [0.15, 0.2) is 0 Å². The summed E-state index contributed by atoms with van der Waals surface area (Å²) in [4.78, 5) is 8.78. The summed E-state index contributed by atoms with van der Waals surface area (Å²) in [6.45, 7) is 3.92. The Kier molecular flexibility index (Phi) is 3.66. The van der Waals surface area contributed by atoms with Crippen molar-refractivity contribution >= 4 is 32.7 Å². The first-order chi connectivity index (χ1) is 9.24. The van der Waals surface area contributed by atoms with E-state index < -0.39 is 0 Å². The van der Waals surface area contributed by atoms with Gasteiger partial charge in [0.25, 0.3) is 0 Å². The first kappa shape index (κ1) is 12.8. The lowest BCUT2D eigenvalue weighted by molar-refractivity contribution is 0.108. The maximum Gasteiger partial charge on any atom is 0.112 e. The predicted molar refractivity (Wildman–Crippen MR) is 79.2 cm³/mol. The second-order valence-corrected chi connectivity index (χ2v) is 5.80. The highest BCUT2D eigenvalue weighted by Crippen LogP contribution is 2.24. The molecule has 4 nitrogen and oxygen atoms in total. The molecule has 3 heterocycles. The molecule has 2 aromatic heterocycles. The van der Waals surface area contributed by atoms with Crippen LogP contribution in [0, 0.1) is 5.92 Å². The summed E-state index contributed by atoms with van der Waals surface area (Å²) in [7, 11) is 0. The first-order valence-electron chi connectivity index (χ1n) is 6.50. The molecule has 2 unspecified atom stereocenters. The molecule has 0 saturated carbocycles. The highest BCUT2D eigenvalue weighted by molar-refractivity contribution is 9.10. The van der Waals surface area contributed by atoms with Gasteiger partial charge in [-0.1, -0.05) is 0 Å². The molecule has 1 aliphatic rings. The predicted octanol–water partition coefficient (Wildman–Crippen LogP) is 3.23. The molecule has 100 valence electrons. The molecule has 1 N–H and O–H groups in total. The van der Waals surface area contributed by atoms with Gasteiger partial charge in [-0.15, -0.1) is 0 Å². The molecule has 1 aliphatic heterocycles. The number of rotatable bonds is 3. The molecule has 5 heteroatoms. The van der Waals surface area contributed by atoms with E-state index in [1.165, 1.54) is 0 Å². The van der Waals surface area contributed by atoms with Gasteiger partial charge in [0.1, 0.15) is 5.52 Å². The zero-order chi connectivity index (χ0) is 13.2. The summed E-state index contributed by atoms with van der Waals surface area (Å²) in [6, 6.07) is 3.96. The molecule has 1 fully saturated rings. The first-order valence-corrected chi connectivity index (χ1v) is 7.29. The zero-order valence-electron chi connectivity index (χ0n) is 10.8. The summed E-state index contributed by atoms with van der Waals surface area (Å²) in [6.07, 6.45) is 5.07. The van der Waals surface area contributed by atoms with Crippen molar-refractivity contribution in [3.05, 3.63) is 29.0 Å². The molecule has 19 heavy (non-hydrogen) atoms. The van der Waals surface area contributed by atoms with Crippen LogP contribution in [0.2, 0.25) is 0 Å². The van der Waals surface area contributed by atoms with Crippen LogP contribution in [-0.2, 0) is 4.74 Å². The van der Waals surface area contributed by atoms with Crippen molar-refractivity contribution in [3.63, 3.8) is 0 Å². The van der Waals surface area contributed by atoms with Gasteiger partial charge < -0.3 is 10.1 Å². The van der Waals surface area contributed by atoms with Crippen molar-refractivity contribution < 1.29 is 4.74 Å². The van der Waals surface area contributed by atoms with Gasteiger partial charge in [0, 0.05) is 35.9 Å². The maximum absolute atomic E-state index is 5.58. The van der Waals surface area contributed by atoms with Crippen LogP contribution in [0.15, 0.2) is 29.0 Å². The Morgan fingerprint density at radius 2 is 2.37 bits per heavy atom. The van der Waals surface area contributed by atoms with Gasteiger partial charge in [0.05, 0.1) is 17.3 Å². The van der Waals surface area contributed by atoms with Crippen LogP contribution in [0.3, 0.4) is 0 Å². The Bertz CT molecular complexity index is 590. The number of ether oxygens (including phenoxy) is 1. The standard InChI is InChI=1S/C14H16BrN3O/c1-9-10(3-5-19-9)7-17-12-2-4-16-13-6-11(15)8-18-14(12)13/h2,4,6,8-10H,3,5,7H2,1H3,(H,16,17). The highest BCUT2D eigenvalue weighted by Gasteiger charge is 2.23. The lowest BCUT2D eigenvalue weighted by Gasteiger charge is -2.16. The average Bonchev–Trinajstić information content (AvgIpc) is 2.81. The smallest absolute Gasteiger partial charge is 0.112 e. The third-order valence-corrected chi connectivity index (χ3v) is 4.07. The van der Waals surface area contributed by atoms with E-state index in [9.17, 15) is 0 Å². The minimum absolute atomic E-state index is 0.336. The number of aromatic nitrogens is 2. The molecular weight excluding hydrogens is 306 g/mol. The SMILES string of the molecule is CC1OCCC1CNc1ccnc2cc(Br)cnc12. The van der Waals surface area contributed by atoms with Crippen LogP contribution in [0.25, 0.3) is 11.0 Å². The Morgan fingerprint density at radius 1 is 1.47 bits per heavy atom. The van der Waals surface area contributed by atoms with Crippen molar-refractivity contribution in [3.8, 4) is 0 Å². The Labute approximate surface area is 120 Å². The number of hydrogen-bond donors (Lipinski definition) is 1. The molecule has 0 aliphatic carbocycles. The molecule has 3 rings (SSSR count). The molecule has 1 saturated heterocycles. The number of hydrogen-bond acceptors (Lipinski definition) is 4. The zero-order valence-corrected chi connectivity index (χ0v) is 12.4. The molecule has 0 radical (unpaired) electrons. The largest absolute Gasteiger partial charge is 0.383 e. The molecule has 0 amide bonds. The van der Waals surface area contributed by atoms with Gasteiger partial charge in [-0.2, -0.15) is 0 Å². The fourth-order valence-electron chi connectivity index (χ4n) is 2.43. The van der Waals surface area contributed by atoms with E-state index in [0.29, 0.717) is 12.0 Å². The normalized spacial score (nSPS) is 22.8. The van der Waals surface area contributed by atoms with E-state index in [-0.39, 0.29) is 0 Å². The lowest BCUT2D eigenvalue weighted by atomic mass is 10.0. The minimum atomic E-state index is 0.336. The fourth-order valence-corrected chi connectivity index (χ4v) is 2.75. The quantitative estimate of drug-likeness (QED) is 0.942. The summed E-state index contributed by atoms with van der Waals surface area (Å²) in [5.41, 5.74) is 2.85. The van der Waals surface area contributed by atoms with Gasteiger partial charge in [-0.25, -0.2) is 0 Å². The van der Waals surface area contributed by atoms with Crippen LogP contribution in [0.5, 0.6) is 0 Å².